The van der Waals surface area contributed by atoms with E-state index >= 15 is 0 Å². The van der Waals surface area contributed by atoms with Crippen LogP contribution in [0.3, 0.4) is 0 Å². The largest absolute Gasteiger partial charge is 0.394 e. The van der Waals surface area contributed by atoms with E-state index in [9.17, 15) is 10.4 Å². The lowest BCUT2D eigenvalue weighted by molar-refractivity contribution is 0.259. The summed E-state index contributed by atoms with van der Waals surface area (Å²) in [4.78, 5) is 12.5. The Bertz CT molecular complexity index is 995. The molecule has 10 nitrogen and oxygen atoms in total. The molecule has 10 heteroatoms. The van der Waals surface area contributed by atoms with Crippen molar-refractivity contribution in [3.8, 4) is 11.9 Å². The van der Waals surface area contributed by atoms with Gasteiger partial charge in [0.15, 0.2) is 5.82 Å². The first-order valence-corrected chi connectivity index (χ1v) is 9.20. The summed E-state index contributed by atoms with van der Waals surface area (Å²) in [5, 5.41) is 29.4. The number of anilines is 4. The van der Waals surface area contributed by atoms with Crippen molar-refractivity contribution in [1.29, 1.82) is 5.26 Å². The van der Waals surface area contributed by atoms with Crippen LogP contribution < -0.4 is 16.4 Å². The van der Waals surface area contributed by atoms with E-state index in [-0.39, 0.29) is 24.4 Å². The highest BCUT2D eigenvalue weighted by molar-refractivity contribution is 5.54. The minimum atomic E-state index is -0.201. The number of hydrogen-bond donors (Lipinski definition) is 4. The molecule has 0 spiro atoms. The van der Waals surface area contributed by atoms with Crippen LogP contribution in [0.1, 0.15) is 26.1 Å². The third kappa shape index (κ3) is 5.18. The van der Waals surface area contributed by atoms with Crippen molar-refractivity contribution in [2.24, 2.45) is 5.92 Å². The first-order chi connectivity index (χ1) is 14.0. The van der Waals surface area contributed by atoms with Gasteiger partial charge in [0, 0.05) is 11.8 Å². The Kier molecular flexibility index (Phi) is 6.21. The Morgan fingerprint density at radius 1 is 1.21 bits per heavy atom. The monoisotopic (exact) mass is 393 g/mol. The van der Waals surface area contributed by atoms with Crippen LogP contribution in [0.15, 0.2) is 36.4 Å². The molecule has 0 fully saturated rings. The lowest BCUT2D eigenvalue weighted by Gasteiger charge is -2.19. The lowest BCUT2D eigenvalue weighted by atomic mass is 10.0. The van der Waals surface area contributed by atoms with Gasteiger partial charge in [-0.2, -0.15) is 19.9 Å². The molecule has 3 aromatic rings. The Labute approximate surface area is 168 Å². The second kappa shape index (κ2) is 8.99. The second-order valence-electron chi connectivity index (χ2n) is 6.90. The summed E-state index contributed by atoms with van der Waals surface area (Å²) in [5.41, 5.74) is 6.82. The van der Waals surface area contributed by atoms with Crippen LogP contribution in [0.5, 0.6) is 0 Å². The van der Waals surface area contributed by atoms with Gasteiger partial charge in [-0.15, -0.1) is 5.10 Å². The van der Waals surface area contributed by atoms with Gasteiger partial charge < -0.3 is 21.5 Å². The Balaban J connectivity index is 1.89. The number of hydrogen-bond acceptors (Lipinski definition) is 9. The predicted octanol–water partition coefficient (Wildman–Crippen LogP) is 2.07. The summed E-state index contributed by atoms with van der Waals surface area (Å²) in [6.07, 6.45) is 0.744. The maximum atomic E-state index is 9.61. The first kappa shape index (κ1) is 20.0. The van der Waals surface area contributed by atoms with Crippen molar-refractivity contribution in [2.45, 2.75) is 26.3 Å². The molecular formula is C19H23N9O. The number of nitrogens with one attached hydrogen (secondary N) is 2. The van der Waals surface area contributed by atoms with E-state index in [0.29, 0.717) is 23.5 Å². The highest BCUT2D eigenvalue weighted by atomic mass is 16.3. The highest BCUT2D eigenvalue weighted by Gasteiger charge is 2.16. The van der Waals surface area contributed by atoms with E-state index in [1.54, 1.807) is 6.07 Å². The summed E-state index contributed by atoms with van der Waals surface area (Å²) >= 11 is 0. The minimum Gasteiger partial charge on any atom is -0.394 e. The van der Waals surface area contributed by atoms with Gasteiger partial charge in [0.05, 0.1) is 12.6 Å². The fraction of sp³-hybridized carbons (Fsp3) is 0.316. The van der Waals surface area contributed by atoms with Gasteiger partial charge in [0.1, 0.15) is 11.9 Å². The third-order valence-corrected chi connectivity index (χ3v) is 4.02. The molecule has 0 aliphatic rings. The smallest absolute Gasteiger partial charge is 0.248 e. The quantitative estimate of drug-likeness (QED) is 0.451. The molecule has 0 bridgehead atoms. The van der Waals surface area contributed by atoms with Gasteiger partial charge in [-0.3, -0.25) is 0 Å². The van der Waals surface area contributed by atoms with E-state index in [2.05, 4.69) is 44.5 Å². The average Bonchev–Trinajstić information content (AvgIpc) is 3.07. The molecule has 29 heavy (non-hydrogen) atoms. The predicted molar refractivity (Wildman–Crippen MR) is 110 cm³/mol. The van der Waals surface area contributed by atoms with E-state index < -0.39 is 0 Å². The molecule has 0 unspecified atom stereocenters. The van der Waals surface area contributed by atoms with Crippen LogP contribution in [0.25, 0.3) is 5.82 Å². The van der Waals surface area contributed by atoms with Crippen molar-refractivity contribution in [2.75, 3.05) is 23.0 Å². The van der Waals surface area contributed by atoms with Gasteiger partial charge in [0.2, 0.25) is 17.7 Å². The molecule has 5 N–H and O–H groups in total. The van der Waals surface area contributed by atoms with E-state index in [1.807, 2.05) is 36.4 Å². The van der Waals surface area contributed by atoms with Gasteiger partial charge in [-0.05, 0) is 24.5 Å². The number of aliphatic hydroxyl groups is 1. The van der Waals surface area contributed by atoms with Crippen LogP contribution in [-0.2, 0) is 0 Å². The molecule has 2 aromatic heterocycles. The van der Waals surface area contributed by atoms with E-state index in [0.717, 1.165) is 12.1 Å². The van der Waals surface area contributed by atoms with Gasteiger partial charge in [0.25, 0.3) is 0 Å². The third-order valence-electron chi connectivity index (χ3n) is 4.02. The topological polar surface area (TPSA) is 151 Å². The SMILES string of the molecule is CC(C)C[C@@H](CO)Nc1cc(-n2nc(Nc3ccccc3)nc2N)nc(C#N)n1. The molecule has 0 aliphatic heterocycles. The fourth-order valence-electron chi connectivity index (χ4n) is 2.82. The zero-order valence-electron chi connectivity index (χ0n) is 16.2. The van der Waals surface area contributed by atoms with E-state index in [4.69, 9.17) is 5.73 Å². The molecule has 0 aliphatic carbocycles. The number of nitrogens with zero attached hydrogens (tertiary/aromatic N) is 6. The number of nitrogens with two attached hydrogens (primary N) is 1. The molecule has 150 valence electrons. The van der Waals surface area contributed by atoms with Crippen LogP contribution in [0.4, 0.5) is 23.4 Å². The fourth-order valence-corrected chi connectivity index (χ4v) is 2.82. The maximum Gasteiger partial charge on any atom is 0.248 e. The number of aliphatic hydroxyl groups excluding tert-OH is 1. The van der Waals surface area contributed by atoms with Gasteiger partial charge >= 0.3 is 0 Å². The number of nitriles is 1. The molecule has 0 saturated carbocycles. The highest BCUT2D eigenvalue weighted by Crippen LogP contribution is 2.19. The zero-order chi connectivity index (χ0) is 20.8. The Morgan fingerprint density at radius 3 is 2.62 bits per heavy atom. The number of rotatable bonds is 8. The first-order valence-electron chi connectivity index (χ1n) is 9.20. The Morgan fingerprint density at radius 2 is 1.97 bits per heavy atom. The normalized spacial score (nSPS) is 11.8. The molecule has 1 atom stereocenters. The lowest BCUT2D eigenvalue weighted by Crippen LogP contribution is -2.26. The molecular weight excluding hydrogens is 370 g/mol. The van der Waals surface area contributed by atoms with Crippen molar-refractivity contribution >= 4 is 23.4 Å². The molecule has 0 radical (unpaired) electrons. The zero-order valence-corrected chi connectivity index (χ0v) is 16.2. The van der Waals surface area contributed by atoms with Crippen molar-refractivity contribution in [3.63, 3.8) is 0 Å². The van der Waals surface area contributed by atoms with Crippen molar-refractivity contribution in [3.05, 3.63) is 42.2 Å². The number of aromatic nitrogens is 5. The van der Waals surface area contributed by atoms with Crippen LogP contribution >= 0.6 is 0 Å². The van der Waals surface area contributed by atoms with Crippen LogP contribution in [0.2, 0.25) is 0 Å². The van der Waals surface area contributed by atoms with Gasteiger partial charge in [-0.1, -0.05) is 32.0 Å². The van der Waals surface area contributed by atoms with Gasteiger partial charge in [-0.25, -0.2) is 4.98 Å². The number of para-hydroxylation sites is 1. The van der Waals surface area contributed by atoms with Crippen LogP contribution in [0, 0.1) is 17.2 Å². The summed E-state index contributed by atoms with van der Waals surface area (Å²) in [6, 6.07) is 12.8. The van der Waals surface area contributed by atoms with Crippen molar-refractivity contribution < 1.29 is 5.11 Å². The van der Waals surface area contributed by atoms with E-state index in [1.165, 1.54) is 4.68 Å². The maximum absolute atomic E-state index is 9.61. The second-order valence-corrected chi connectivity index (χ2v) is 6.90. The standard InChI is InChI=1S/C19H23N9O/c1-12(2)8-14(11-29)22-15-9-17(25-16(10-20)24-15)28-18(21)26-19(27-28)23-13-6-4-3-5-7-13/h3-7,9,12,14,29H,8,11H2,1-2H3,(H,22,24,25)(H3,21,23,26,27)/t14-/m0/s1. The average molecular weight is 393 g/mol. The summed E-state index contributed by atoms with van der Waals surface area (Å²) in [7, 11) is 0. The summed E-state index contributed by atoms with van der Waals surface area (Å²) in [6.45, 7) is 4.07. The molecule has 1 aromatic carbocycles. The van der Waals surface area contributed by atoms with Crippen LogP contribution in [-0.4, -0.2) is 42.5 Å². The molecule has 3 rings (SSSR count). The van der Waals surface area contributed by atoms with Crippen molar-refractivity contribution in [1.82, 2.24) is 24.7 Å². The molecule has 0 amide bonds. The minimum absolute atomic E-state index is 0.0429. The summed E-state index contributed by atoms with van der Waals surface area (Å²) in [5.74, 6) is 1.45. The number of nitrogen functional groups attached to an aromatic ring is 1. The summed E-state index contributed by atoms with van der Waals surface area (Å²) < 4.78 is 1.33. The molecule has 0 saturated heterocycles. The Hall–Kier alpha value is -3.71. The molecule has 2 heterocycles. The number of benzene rings is 1.